The summed E-state index contributed by atoms with van der Waals surface area (Å²) in [6.07, 6.45) is 2.49. The second-order valence-electron chi connectivity index (χ2n) is 5.34. The van der Waals surface area contributed by atoms with Crippen molar-refractivity contribution < 1.29 is 17.9 Å². The van der Waals surface area contributed by atoms with Gasteiger partial charge in [-0.05, 0) is 30.7 Å². The first-order valence-electron chi connectivity index (χ1n) is 7.13. The SMILES string of the molecule is COC(=O)CCCS(=O)(=O)NC(c1ccccc1)C1CC1. The summed E-state index contributed by atoms with van der Waals surface area (Å²) >= 11 is 0. The normalized spacial score (nSPS) is 16.4. The molecule has 0 aliphatic heterocycles. The largest absolute Gasteiger partial charge is 0.469 e. The Hall–Kier alpha value is -1.40. The summed E-state index contributed by atoms with van der Waals surface area (Å²) in [6, 6.07) is 9.47. The highest BCUT2D eigenvalue weighted by molar-refractivity contribution is 7.89. The summed E-state index contributed by atoms with van der Waals surface area (Å²) < 4.78 is 31.6. The van der Waals surface area contributed by atoms with Gasteiger partial charge in [0.2, 0.25) is 10.0 Å². The van der Waals surface area contributed by atoms with Gasteiger partial charge in [0, 0.05) is 12.5 Å². The van der Waals surface area contributed by atoms with Crippen molar-refractivity contribution >= 4 is 16.0 Å². The van der Waals surface area contributed by atoms with E-state index in [-0.39, 0.29) is 30.6 Å². The standard InChI is InChI=1S/C15H21NO4S/c1-20-14(17)8-5-11-21(18,19)16-15(13-9-10-13)12-6-3-2-4-7-12/h2-4,6-7,13,15-16H,5,8-11H2,1H3. The minimum atomic E-state index is -3.40. The third kappa shape index (κ3) is 5.13. The molecule has 21 heavy (non-hydrogen) atoms. The molecule has 1 saturated carbocycles. The smallest absolute Gasteiger partial charge is 0.305 e. The van der Waals surface area contributed by atoms with Gasteiger partial charge in [0.25, 0.3) is 0 Å². The van der Waals surface area contributed by atoms with Crippen molar-refractivity contribution in [2.75, 3.05) is 12.9 Å². The van der Waals surface area contributed by atoms with Crippen LogP contribution in [-0.2, 0) is 19.6 Å². The molecule has 1 aliphatic rings. The molecule has 0 heterocycles. The first-order valence-corrected chi connectivity index (χ1v) is 8.79. The Morgan fingerprint density at radius 1 is 1.33 bits per heavy atom. The van der Waals surface area contributed by atoms with Crippen LogP contribution < -0.4 is 4.72 Å². The van der Waals surface area contributed by atoms with Gasteiger partial charge in [-0.2, -0.15) is 0 Å². The summed E-state index contributed by atoms with van der Waals surface area (Å²) in [5, 5.41) is 0. The molecule has 0 aromatic heterocycles. The van der Waals surface area contributed by atoms with Crippen LogP contribution in [-0.4, -0.2) is 27.2 Å². The lowest BCUT2D eigenvalue weighted by Gasteiger charge is -2.18. The zero-order valence-electron chi connectivity index (χ0n) is 12.1. The fourth-order valence-electron chi connectivity index (χ4n) is 2.29. The van der Waals surface area contributed by atoms with Gasteiger partial charge in [-0.1, -0.05) is 30.3 Å². The van der Waals surface area contributed by atoms with Gasteiger partial charge in [-0.15, -0.1) is 0 Å². The number of nitrogens with one attached hydrogen (secondary N) is 1. The maximum atomic E-state index is 12.2. The van der Waals surface area contributed by atoms with Crippen molar-refractivity contribution in [2.45, 2.75) is 31.7 Å². The average Bonchev–Trinajstić information content (AvgIpc) is 3.30. The van der Waals surface area contributed by atoms with E-state index in [9.17, 15) is 13.2 Å². The van der Waals surface area contributed by atoms with E-state index >= 15 is 0 Å². The van der Waals surface area contributed by atoms with Crippen molar-refractivity contribution in [1.82, 2.24) is 4.72 Å². The predicted octanol–water partition coefficient (Wildman–Crippen LogP) is 2.01. The third-order valence-electron chi connectivity index (χ3n) is 3.58. The average molecular weight is 311 g/mol. The Balaban J connectivity index is 1.95. The molecule has 1 atom stereocenters. The zero-order chi connectivity index (χ0) is 15.3. The van der Waals surface area contributed by atoms with Gasteiger partial charge < -0.3 is 4.74 Å². The lowest BCUT2D eigenvalue weighted by atomic mass is 10.0. The molecule has 1 aliphatic carbocycles. The first kappa shape index (κ1) is 16.0. The van der Waals surface area contributed by atoms with Gasteiger partial charge in [-0.25, -0.2) is 13.1 Å². The van der Waals surface area contributed by atoms with Crippen LogP contribution in [0.3, 0.4) is 0 Å². The zero-order valence-corrected chi connectivity index (χ0v) is 12.9. The molecule has 1 unspecified atom stereocenters. The van der Waals surface area contributed by atoms with Crippen molar-refractivity contribution in [1.29, 1.82) is 0 Å². The molecule has 0 saturated heterocycles. The van der Waals surface area contributed by atoms with E-state index in [1.807, 2.05) is 30.3 Å². The lowest BCUT2D eigenvalue weighted by Crippen LogP contribution is -2.32. The molecule has 1 N–H and O–H groups in total. The van der Waals surface area contributed by atoms with E-state index in [4.69, 9.17) is 0 Å². The maximum absolute atomic E-state index is 12.2. The van der Waals surface area contributed by atoms with Crippen LogP contribution in [0.2, 0.25) is 0 Å². The van der Waals surface area contributed by atoms with Gasteiger partial charge in [0.1, 0.15) is 0 Å². The topological polar surface area (TPSA) is 72.5 Å². The summed E-state index contributed by atoms with van der Waals surface area (Å²) in [4.78, 5) is 11.0. The van der Waals surface area contributed by atoms with E-state index in [0.717, 1.165) is 18.4 Å². The van der Waals surface area contributed by atoms with Crippen LogP contribution in [0.4, 0.5) is 0 Å². The van der Waals surface area contributed by atoms with E-state index in [2.05, 4.69) is 9.46 Å². The number of benzene rings is 1. The maximum Gasteiger partial charge on any atom is 0.305 e. The summed E-state index contributed by atoms with van der Waals surface area (Å²) in [7, 11) is -2.10. The Kier molecular flexibility index (Phi) is 5.36. The van der Waals surface area contributed by atoms with Crippen molar-refractivity contribution in [3.8, 4) is 0 Å². The molecular formula is C15H21NO4S. The van der Waals surface area contributed by atoms with Crippen LogP contribution in [0.15, 0.2) is 30.3 Å². The molecule has 0 bridgehead atoms. The Labute approximate surface area is 125 Å². The second-order valence-corrected chi connectivity index (χ2v) is 7.22. The highest BCUT2D eigenvalue weighted by Gasteiger charge is 2.34. The number of hydrogen-bond donors (Lipinski definition) is 1. The second kappa shape index (κ2) is 7.04. The molecule has 1 fully saturated rings. The minimum absolute atomic E-state index is 0.0574. The summed E-state index contributed by atoms with van der Waals surface area (Å²) in [5.74, 6) is -0.0622. The van der Waals surface area contributed by atoms with E-state index < -0.39 is 10.0 Å². The Bertz CT molecular complexity index is 567. The number of hydrogen-bond acceptors (Lipinski definition) is 4. The summed E-state index contributed by atoms with van der Waals surface area (Å²) in [5.41, 5.74) is 0.997. The quantitative estimate of drug-likeness (QED) is 0.745. The molecule has 2 rings (SSSR count). The number of methoxy groups -OCH3 is 1. The van der Waals surface area contributed by atoms with Crippen molar-refractivity contribution in [2.24, 2.45) is 5.92 Å². The highest BCUT2D eigenvalue weighted by atomic mass is 32.2. The van der Waals surface area contributed by atoms with Crippen molar-refractivity contribution in [3.05, 3.63) is 35.9 Å². The fraction of sp³-hybridized carbons (Fsp3) is 0.533. The molecule has 1 aromatic carbocycles. The summed E-state index contributed by atoms with van der Waals surface area (Å²) in [6.45, 7) is 0. The van der Waals surface area contributed by atoms with Gasteiger partial charge in [0.15, 0.2) is 0 Å². The number of esters is 1. The van der Waals surface area contributed by atoms with Crippen LogP contribution in [0.1, 0.15) is 37.3 Å². The number of carbonyl (C=O) groups excluding carboxylic acids is 1. The highest BCUT2D eigenvalue weighted by Crippen LogP contribution is 2.41. The molecular weight excluding hydrogens is 290 g/mol. The molecule has 6 heteroatoms. The Morgan fingerprint density at radius 2 is 2.00 bits per heavy atom. The molecule has 0 radical (unpaired) electrons. The van der Waals surface area contributed by atoms with Crippen molar-refractivity contribution in [3.63, 3.8) is 0 Å². The first-order chi connectivity index (χ1) is 10.0. The van der Waals surface area contributed by atoms with Gasteiger partial charge in [-0.3, -0.25) is 4.79 Å². The molecule has 0 amide bonds. The fourth-order valence-corrected chi connectivity index (χ4v) is 3.64. The Morgan fingerprint density at radius 3 is 2.57 bits per heavy atom. The van der Waals surface area contributed by atoms with E-state index in [1.54, 1.807) is 0 Å². The van der Waals surface area contributed by atoms with E-state index in [0.29, 0.717) is 5.92 Å². The number of sulfonamides is 1. The predicted molar refractivity (Wildman–Crippen MR) is 80.1 cm³/mol. The molecule has 116 valence electrons. The van der Waals surface area contributed by atoms with E-state index in [1.165, 1.54) is 7.11 Å². The van der Waals surface area contributed by atoms with Gasteiger partial charge >= 0.3 is 5.97 Å². The van der Waals surface area contributed by atoms with Crippen LogP contribution in [0.25, 0.3) is 0 Å². The van der Waals surface area contributed by atoms with Crippen LogP contribution in [0.5, 0.6) is 0 Å². The minimum Gasteiger partial charge on any atom is -0.469 e. The molecule has 5 nitrogen and oxygen atoms in total. The monoisotopic (exact) mass is 311 g/mol. The number of ether oxygens (including phenoxy) is 1. The van der Waals surface area contributed by atoms with Gasteiger partial charge in [0.05, 0.1) is 12.9 Å². The third-order valence-corrected chi connectivity index (χ3v) is 5.02. The number of rotatable bonds is 8. The van der Waals surface area contributed by atoms with Crippen LogP contribution >= 0.6 is 0 Å². The lowest BCUT2D eigenvalue weighted by molar-refractivity contribution is -0.140. The molecule has 0 spiro atoms. The number of carbonyl (C=O) groups is 1. The van der Waals surface area contributed by atoms with Crippen LogP contribution in [0, 0.1) is 5.92 Å². The molecule has 1 aromatic rings.